The first-order valence-corrected chi connectivity index (χ1v) is 6.18. The maximum absolute atomic E-state index is 12.2. The van der Waals surface area contributed by atoms with E-state index in [0.29, 0.717) is 41.9 Å². The molecule has 0 saturated carbocycles. The lowest BCUT2D eigenvalue weighted by atomic mass is 10.1. The highest BCUT2D eigenvalue weighted by Crippen LogP contribution is 2.29. The van der Waals surface area contributed by atoms with Gasteiger partial charge in [0.15, 0.2) is 0 Å². The number of aryl methyl sites for hydroxylation is 1. The molecule has 0 N–H and O–H groups in total. The molecule has 1 saturated heterocycles. The summed E-state index contributed by atoms with van der Waals surface area (Å²) in [6.07, 6.45) is 0. The lowest BCUT2D eigenvalue weighted by Crippen LogP contribution is -2.40. The smallest absolute Gasteiger partial charge is 0.255 e. The molecular weight excluding hydrogens is 261 g/mol. The van der Waals surface area contributed by atoms with Gasteiger partial charge < -0.3 is 9.64 Å². The third-order valence-electron chi connectivity index (χ3n) is 2.80. The molecule has 1 amide bonds. The third-order valence-corrected chi connectivity index (χ3v) is 3.78. The summed E-state index contributed by atoms with van der Waals surface area (Å²) < 4.78 is 5.21. The van der Waals surface area contributed by atoms with Gasteiger partial charge in [-0.3, -0.25) is 4.79 Å². The SMILES string of the molecule is Cc1ccc(C(=O)N2CCOCC2)c(Cl)c1Cl. The molecule has 0 radical (unpaired) electrons. The fourth-order valence-corrected chi connectivity index (χ4v) is 2.21. The van der Waals surface area contributed by atoms with Crippen molar-refractivity contribution in [2.24, 2.45) is 0 Å². The molecule has 1 heterocycles. The van der Waals surface area contributed by atoms with Gasteiger partial charge in [0.2, 0.25) is 0 Å². The Bertz CT molecular complexity index is 442. The van der Waals surface area contributed by atoms with E-state index in [4.69, 9.17) is 27.9 Å². The maximum Gasteiger partial charge on any atom is 0.255 e. The average Bonchev–Trinajstić information content (AvgIpc) is 2.36. The fourth-order valence-electron chi connectivity index (χ4n) is 1.75. The van der Waals surface area contributed by atoms with Crippen molar-refractivity contribution in [3.63, 3.8) is 0 Å². The highest BCUT2D eigenvalue weighted by atomic mass is 35.5. The number of halogens is 2. The predicted octanol–water partition coefficient (Wildman–Crippen LogP) is 2.77. The molecule has 1 fully saturated rings. The zero-order valence-corrected chi connectivity index (χ0v) is 11.0. The maximum atomic E-state index is 12.2. The van der Waals surface area contributed by atoms with Gasteiger partial charge in [-0.25, -0.2) is 0 Å². The van der Waals surface area contributed by atoms with Crippen LogP contribution in [0.3, 0.4) is 0 Å². The summed E-state index contributed by atoms with van der Waals surface area (Å²) in [4.78, 5) is 13.9. The van der Waals surface area contributed by atoms with Gasteiger partial charge in [0.1, 0.15) is 0 Å². The molecule has 1 aromatic rings. The van der Waals surface area contributed by atoms with Crippen LogP contribution in [0, 0.1) is 6.92 Å². The van der Waals surface area contributed by atoms with Gasteiger partial charge in [0, 0.05) is 13.1 Å². The second kappa shape index (κ2) is 5.25. The quantitative estimate of drug-likeness (QED) is 0.788. The Morgan fingerprint density at radius 3 is 2.53 bits per heavy atom. The van der Waals surface area contributed by atoms with Crippen LogP contribution in [-0.4, -0.2) is 37.1 Å². The summed E-state index contributed by atoms with van der Waals surface area (Å²) >= 11 is 12.1. The van der Waals surface area contributed by atoms with E-state index in [-0.39, 0.29) is 5.91 Å². The van der Waals surface area contributed by atoms with Crippen LogP contribution >= 0.6 is 23.2 Å². The van der Waals surface area contributed by atoms with Crippen molar-refractivity contribution in [3.8, 4) is 0 Å². The van der Waals surface area contributed by atoms with Gasteiger partial charge in [-0.1, -0.05) is 29.3 Å². The molecule has 0 aliphatic carbocycles. The minimum absolute atomic E-state index is 0.0831. The molecule has 3 nitrogen and oxygen atoms in total. The van der Waals surface area contributed by atoms with Crippen molar-refractivity contribution in [2.45, 2.75) is 6.92 Å². The lowest BCUT2D eigenvalue weighted by Gasteiger charge is -2.27. The highest BCUT2D eigenvalue weighted by molar-refractivity contribution is 6.44. The van der Waals surface area contributed by atoms with Gasteiger partial charge >= 0.3 is 0 Å². The molecule has 0 aromatic heterocycles. The number of hydrogen-bond acceptors (Lipinski definition) is 2. The molecule has 0 unspecified atom stereocenters. The summed E-state index contributed by atoms with van der Waals surface area (Å²) in [5, 5.41) is 0.786. The summed E-state index contributed by atoms with van der Waals surface area (Å²) in [6.45, 7) is 4.20. The summed E-state index contributed by atoms with van der Waals surface area (Å²) in [6, 6.07) is 3.53. The molecule has 0 spiro atoms. The van der Waals surface area contributed by atoms with Gasteiger partial charge in [-0.15, -0.1) is 0 Å². The molecule has 17 heavy (non-hydrogen) atoms. The zero-order chi connectivity index (χ0) is 12.4. The molecule has 92 valence electrons. The van der Waals surface area contributed by atoms with Crippen LogP contribution < -0.4 is 0 Å². The molecule has 0 bridgehead atoms. The van der Waals surface area contributed by atoms with Crippen LogP contribution in [-0.2, 0) is 4.74 Å². The Labute approximate surface area is 110 Å². The van der Waals surface area contributed by atoms with E-state index in [2.05, 4.69) is 0 Å². The number of ether oxygens (including phenoxy) is 1. The van der Waals surface area contributed by atoms with E-state index < -0.39 is 0 Å². The van der Waals surface area contributed by atoms with E-state index in [9.17, 15) is 4.79 Å². The Hall–Kier alpha value is -0.770. The van der Waals surface area contributed by atoms with Crippen molar-refractivity contribution in [3.05, 3.63) is 33.3 Å². The van der Waals surface area contributed by atoms with Crippen LogP contribution in [0.5, 0.6) is 0 Å². The molecule has 1 aliphatic rings. The minimum Gasteiger partial charge on any atom is -0.378 e. The number of rotatable bonds is 1. The van der Waals surface area contributed by atoms with Crippen LogP contribution in [0.25, 0.3) is 0 Å². The Kier molecular flexibility index (Phi) is 3.92. The number of nitrogens with zero attached hydrogens (tertiary/aromatic N) is 1. The van der Waals surface area contributed by atoms with Gasteiger partial charge in [0.25, 0.3) is 5.91 Å². The number of carbonyl (C=O) groups is 1. The van der Waals surface area contributed by atoms with Crippen molar-refractivity contribution >= 4 is 29.1 Å². The van der Waals surface area contributed by atoms with Crippen LogP contribution in [0.15, 0.2) is 12.1 Å². The van der Waals surface area contributed by atoms with Crippen molar-refractivity contribution in [1.82, 2.24) is 4.90 Å². The van der Waals surface area contributed by atoms with E-state index in [1.165, 1.54) is 0 Å². The van der Waals surface area contributed by atoms with Crippen molar-refractivity contribution in [1.29, 1.82) is 0 Å². The third kappa shape index (κ3) is 2.57. The number of morpholine rings is 1. The fraction of sp³-hybridized carbons (Fsp3) is 0.417. The molecule has 1 aliphatic heterocycles. The lowest BCUT2D eigenvalue weighted by molar-refractivity contribution is 0.0303. The monoisotopic (exact) mass is 273 g/mol. The summed E-state index contributed by atoms with van der Waals surface area (Å²) in [7, 11) is 0. The molecule has 0 atom stereocenters. The Morgan fingerprint density at radius 2 is 1.88 bits per heavy atom. The first-order chi connectivity index (χ1) is 8.11. The summed E-state index contributed by atoms with van der Waals surface area (Å²) in [5.74, 6) is -0.0831. The average molecular weight is 274 g/mol. The van der Waals surface area contributed by atoms with Crippen molar-refractivity contribution in [2.75, 3.05) is 26.3 Å². The van der Waals surface area contributed by atoms with Crippen LogP contribution in [0.4, 0.5) is 0 Å². The van der Waals surface area contributed by atoms with E-state index >= 15 is 0 Å². The number of hydrogen-bond donors (Lipinski definition) is 0. The minimum atomic E-state index is -0.0831. The molecule has 1 aromatic carbocycles. The van der Waals surface area contributed by atoms with E-state index in [1.54, 1.807) is 11.0 Å². The van der Waals surface area contributed by atoms with Crippen LogP contribution in [0.2, 0.25) is 10.0 Å². The zero-order valence-electron chi connectivity index (χ0n) is 9.50. The van der Waals surface area contributed by atoms with E-state index in [0.717, 1.165) is 5.56 Å². The van der Waals surface area contributed by atoms with Gasteiger partial charge in [-0.05, 0) is 18.6 Å². The normalized spacial score (nSPS) is 16.1. The topological polar surface area (TPSA) is 29.5 Å². The number of carbonyl (C=O) groups excluding carboxylic acids is 1. The standard InChI is InChI=1S/C12H13Cl2NO2/c1-8-2-3-9(11(14)10(8)13)12(16)15-4-6-17-7-5-15/h2-3H,4-7H2,1H3. The van der Waals surface area contributed by atoms with E-state index in [1.807, 2.05) is 13.0 Å². The second-order valence-electron chi connectivity index (χ2n) is 3.96. The second-order valence-corrected chi connectivity index (χ2v) is 4.72. The first-order valence-electron chi connectivity index (χ1n) is 5.43. The first kappa shape index (κ1) is 12.7. The Balaban J connectivity index is 2.27. The van der Waals surface area contributed by atoms with Crippen molar-refractivity contribution < 1.29 is 9.53 Å². The molecular formula is C12H13Cl2NO2. The largest absolute Gasteiger partial charge is 0.378 e. The molecule has 5 heteroatoms. The summed E-state index contributed by atoms with van der Waals surface area (Å²) in [5.41, 5.74) is 1.33. The molecule has 2 rings (SSSR count). The predicted molar refractivity (Wildman–Crippen MR) is 67.9 cm³/mol. The number of amides is 1. The Morgan fingerprint density at radius 1 is 1.24 bits per heavy atom. The van der Waals surface area contributed by atoms with Crippen LogP contribution in [0.1, 0.15) is 15.9 Å². The number of benzene rings is 1. The van der Waals surface area contributed by atoms with Gasteiger partial charge in [0.05, 0.1) is 28.8 Å². The highest BCUT2D eigenvalue weighted by Gasteiger charge is 2.22. The van der Waals surface area contributed by atoms with Gasteiger partial charge in [-0.2, -0.15) is 0 Å².